The first-order valence-electron chi connectivity index (χ1n) is 4.21. The number of nitrogens with zero attached hydrogens (tertiary/aromatic N) is 1. The van der Waals surface area contributed by atoms with Crippen molar-refractivity contribution >= 4 is 40.8 Å². The zero-order chi connectivity index (χ0) is 10.8. The van der Waals surface area contributed by atoms with E-state index in [1.807, 2.05) is 0 Å². The second-order valence-electron chi connectivity index (χ2n) is 3.00. The van der Waals surface area contributed by atoms with Gasteiger partial charge in [0.25, 0.3) is 0 Å². The fourth-order valence-corrected chi connectivity index (χ4v) is 1.72. The van der Waals surface area contributed by atoms with Gasteiger partial charge < -0.3 is 5.32 Å². The van der Waals surface area contributed by atoms with Gasteiger partial charge in [-0.2, -0.15) is 0 Å². The van der Waals surface area contributed by atoms with E-state index in [2.05, 4.69) is 15.6 Å². The first kappa shape index (κ1) is 10.3. The summed E-state index contributed by atoms with van der Waals surface area (Å²) in [4.78, 5) is 14.8. The highest BCUT2D eigenvalue weighted by Crippen LogP contribution is 2.22. The minimum Gasteiger partial charge on any atom is -0.326 e. The summed E-state index contributed by atoms with van der Waals surface area (Å²) in [7, 11) is 0. The smallest absolute Gasteiger partial charge is 0.248 e. The van der Waals surface area contributed by atoms with Gasteiger partial charge >= 0.3 is 0 Å². The summed E-state index contributed by atoms with van der Waals surface area (Å²) in [5.74, 6) is 0.281. The summed E-state index contributed by atoms with van der Waals surface area (Å²) < 4.78 is 0. The number of hydrogen-bond acceptors (Lipinski definition) is 3. The number of anilines is 1. The average molecular weight is 244 g/mol. The Morgan fingerprint density at radius 2 is 1.93 bits per heavy atom. The molecule has 0 bridgehead atoms. The van der Waals surface area contributed by atoms with Gasteiger partial charge in [0.05, 0.1) is 0 Å². The van der Waals surface area contributed by atoms with Gasteiger partial charge in [-0.3, -0.25) is 10.1 Å². The summed E-state index contributed by atoms with van der Waals surface area (Å²) in [5.41, 5.74) is 0.688. The number of benzene rings is 1. The van der Waals surface area contributed by atoms with Crippen LogP contribution >= 0.6 is 23.2 Å². The lowest BCUT2D eigenvalue weighted by Crippen LogP contribution is -2.30. The van der Waals surface area contributed by atoms with Crippen molar-refractivity contribution in [3.63, 3.8) is 0 Å². The minimum absolute atomic E-state index is 0.134. The first-order valence-corrected chi connectivity index (χ1v) is 4.96. The lowest BCUT2D eigenvalue weighted by atomic mass is 10.3. The maximum atomic E-state index is 10.9. The number of rotatable bonds is 1. The van der Waals surface area contributed by atoms with Crippen LogP contribution in [0.2, 0.25) is 10.0 Å². The molecule has 1 amide bonds. The maximum absolute atomic E-state index is 10.9. The molecule has 0 aliphatic carbocycles. The second kappa shape index (κ2) is 4.08. The monoisotopic (exact) mass is 243 g/mol. The van der Waals surface area contributed by atoms with Gasteiger partial charge in [0.15, 0.2) is 0 Å². The summed E-state index contributed by atoms with van der Waals surface area (Å²) >= 11 is 11.6. The summed E-state index contributed by atoms with van der Waals surface area (Å²) in [6.45, 7) is 0.149. The molecule has 4 nitrogen and oxygen atoms in total. The largest absolute Gasteiger partial charge is 0.326 e. The molecule has 1 aliphatic heterocycles. The van der Waals surface area contributed by atoms with E-state index < -0.39 is 0 Å². The Bertz CT molecular complexity index is 425. The number of nitrogens with one attached hydrogen (secondary N) is 2. The van der Waals surface area contributed by atoms with Crippen LogP contribution in [0.4, 0.5) is 5.69 Å². The third-order valence-corrected chi connectivity index (χ3v) is 2.20. The maximum Gasteiger partial charge on any atom is 0.248 e. The number of carbonyl (C=O) groups is 1. The van der Waals surface area contributed by atoms with Gasteiger partial charge in [-0.25, -0.2) is 4.99 Å². The highest BCUT2D eigenvalue weighted by molar-refractivity contribution is 6.35. The number of carbonyl (C=O) groups excluding carboxylic acids is 1. The summed E-state index contributed by atoms with van der Waals surface area (Å²) in [6.07, 6.45) is 0. The molecule has 1 aromatic carbocycles. The zero-order valence-corrected chi connectivity index (χ0v) is 9.06. The van der Waals surface area contributed by atoms with Crippen LogP contribution in [0.5, 0.6) is 0 Å². The quantitative estimate of drug-likeness (QED) is 0.792. The predicted molar refractivity (Wildman–Crippen MR) is 60.5 cm³/mol. The fraction of sp³-hybridized carbons (Fsp3) is 0.111. The molecule has 78 valence electrons. The molecule has 6 heteroatoms. The SMILES string of the molecule is O=C1CN=C(Nc2cc(Cl)cc(Cl)c2)N1. The molecule has 0 saturated carbocycles. The van der Waals surface area contributed by atoms with Crippen LogP contribution in [0.3, 0.4) is 0 Å². The molecule has 0 fully saturated rings. The third kappa shape index (κ3) is 2.61. The van der Waals surface area contributed by atoms with Gasteiger partial charge in [-0.1, -0.05) is 23.2 Å². The Balaban J connectivity index is 2.14. The normalized spacial score (nSPS) is 14.8. The lowest BCUT2D eigenvalue weighted by molar-refractivity contribution is -0.117. The van der Waals surface area contributed by atoms with Crippen molar-refractivity contribution < 1.29 is 4.79 Å². The van der Waals surface area contributed by atoms with Crippen LogP contribution < -0.4 is 10.6 Å². The molecule has 0 unspecified atom stereocenters. The van der Waals surface area contributed by atoms with E-state index in [1.165, 1.54) is 0 Å². The average Bonchev–Trinajstić information content (AvgIpc) is 2.49. The van der Waals surface area contributed by atoms with Crippen molar-refractivity contribution in [2.24, 2.45) is 4.99 Å². The molecule has 0 saturated heterocycles. The zero-order valence-electron chi connectivity index (χ0n) is 7.55. The van der Waals surface area contributed by atoms with E-state index in [-0.39, 0.29) is 12.5 Å². The molecule has 0 spiro atoms. The molecule has 0 radical (unpaired) electrons. The van der Waals surface area contributed by atoms with Crippen molar-refractivity contribution in [2.75, 3.05) is 11.9 Å². The Morgan fingerprint density at radius 1 is 1.27 bits per heavy atom. The lowest BCUT2D eigenvalue weighted by Gasteiger charge is -2.06. The molecule has 0 atom stereocenters. The highest BCUT2D eigenvalue weighted by Gasteiger charge is 2.13. The number of halogens is 2. The molecule has 1 aromatic rings. The van der Waals surface area contributed by atoms with E-state index in [9.17, 15) is 4.79 Å². The van der Waals surface area contributed by atoms with Crippen LogP contribution in [0.25, 0.3) is 0 Å². The molecule has 15 heavy (non-hydrogen) atoms. The van der Waals surface area contributed by atoms with Crippen molar-refractivity contribution in [1.29, 1.82) is 0 Å². The van der Waals surface area contributed by atoms with E-state index in [0.29, 0.717) is 21.7 Å². The van der Waals surface area contributed by atoms with Crippen LogP contribution in [0.1, 0.15) is 0 Å². The predicted octanol–water partition coefficient (Wildman–Crippen LogP) is 1.89. The Hall–Kier alpha value is -1.26. The highest BCUT2D eigenvalue weighted by atomic mass is 35.5. The van der Waals surface area contributed by atoms with E-state index in [1.54, 1.807) is 18.2 Å². The molecule has 1 heterocycles. The van der Waals surface area contributed by atoms with E-state index >= 15 is 0 Å². The van der Waals surface area contributed by atoms with E-state index in [4.69, 9.17) is 23.2 Å². The topological polar surface area (TPSA) is 53.5 Å². The Morgan fingerprint density at radius 3 is 2.47 bits per heavy atom. The molecule has 2 N–H and O–H groups in total. The number of hydrogen-bond donors (Lipinski definition) is 2. The van der Waals surface area contributed by atoms with Crippen molar-refractivity contribution in [3.05, 3.63) is 28.2 Å². The van der Waals surface area contributed by atoms with Gasteiger partial charge in [-0.05, 0) is 18.2 Å². The number of guanidine groups is 1. The van der Waals surface area contributed by atoms with E-state index in [0.717, 1.165) is 0 Å². The molecular formula is C9H7Cl2N3O. The summed E-state index contributed by atoms with van der Waals surface area (Å²) in [6, 6.07) is 5.02. The minimum atomic E-state index is -0.134. The van der Waals surface area contributed by atoms with Crippen LogP contribution in [0, 0.1) is 0 Å². The van der Waals surface area contributed by atoms with Crippen molar-refractivity contribution in [1.82, 2.24) is 5.32 Å². The Labute approximate surface area is 96.3 Å². The van der Waals surface area contributed by atoms with Crippen molar-refractivity contribution in [2.45, 2.75) is 0 Å². The summed E-state index contributed by atoms with van der Waals surface area (Å²) in [5, 5.41) is 6.50. The van der Waals surface area contributed by atoms with Gasteiger partial charge in [0.1, 0.15) is 6.54 Å². The molecule has 1 aliphatic rings. The second-order valence-corrected chi connectivity index (χ2v) is 3.87. The molecule has 2 rings (SSSR count). The standard InChI is InChI=1S/C9H7Cl2N3O/c10-5-1-6(11)3-7(2-5)13-9-12-4-8(15)14-9/h1-3H,4H2,(H2,12,13,14,15). The van der Waals surface area contributed by atoms with Crippen LogP contribution in [0.15, 0.2) is 23.2 Å². The van der Waals surface area contributed by atoms with Crippen LogP contribution in [-0.4, -0.2) is 18.4 Å². The van der Waals surface area contributed by atoms with Crippen molar-refractivity contribution in [3.8, 4) is 0 Å². The first-order chi connectivity index (χ1) is 7.13. The Kier molecular flexibility index (Phi) is 2.79. The van der Waals surface area contributed by atoms with Gasteiger partial charge in [0.2, 0.25) is 11.9 Å². The van der Waals surface area contributed by atoms with Gasteiger partial charge in [-0.15, -0.1) is 0 Å². The van der Waals surface area contributed by atoms with Gasteiger partial charge in [0, 0.05) is 15.7 Å². The molecule has 0 aromatic heterocycles. The third-order valence-electron chi connectivity index (χ3n) is 1.76. The van der Waals surface area contributed by atoms with Crippen LogP contribution in [-0.2, 0) is 4.79 Å². The molecular weight excluding hydrogens is 237 g/mol. The fourth-order valence-electron chi connectivity index (χ4n) is 1.20. The number of amides is 1. The number of aliphatic imine (C=N–C) groups is 1.